The van der Waals surface area contributed by atoms with E-state index in [4.69, 9.17) is 19.2 Å². The van der Waals surface area contributed by atoms with Gasteiger partial charge in [0.2, 0.25) is 0 Å². The summed E-state index contributed by atoms with van der Waals surface area (Å²) in [6.45, 7) is 2.27. The van der Waals surface area contributed by atoms with Crippen molar-refractivity contribution in [3.8, 4) is 17.2 Å². The standard InChI is InChI=1S/C25H26FN3O3/c1-30-21-11-12-23-22(15-21)28-25(17-27-16-18-5-3-4-6-24(18)31-2)29(23)13-14-32-20-9-7-19(26)8-10-20/h3-12,15,27H,13-14,16-17H2,1-2H3. The Labute approximate surface area is 186 Å². The van der Waals surface area contributed by atoms with Gasteiger partial charge in [0.1, 0.15) is 35.5 Å². The average molecular weight is 435 g/mol. The first-order chi connectivity index (χ1) is 15.7. The lowest BCUT2D eigenvalue weighted by molar-refractivity contribution is 0.297. The lowest BCUT2D eigenvalue weighted by Gasteiger charge is -2.12. The number of ether oxygens (including phenoxy) is 3. The maximum atomic E-state index is 13.1. The molecule has 0 amide bonds. The fraction of sp³-hybridized carbons (Fsp3) is 0.240. The molecule has 0 fully saturated rings. The summed E-state index contributed by atoms with van der Waals surface area (Å²) < 4.78 is 31.8. The highest BCUT2D eigenvalue weighted by molar-refractivity contribution is 5.77. The van der Waals surface area contributed by atoms with E-state index in [0.29, 0.717) is 32.0 Å². The molecule has 0 spiro atoms. The number of benzene rings is 3. The van der Waals surface area contributed by atoms with Gasteiger partial charge in [-0.1, -0.05) is 18.2 Å². The second-order valence-electron chi connectivity index (χ2n) is 7.25. The van der Waals surface area contributed by atoms with Crippen LogP contribution in [0.1, 0.15) is 11.4 Å². The molecule has 1 heterocycles. The minimum Gasteiger partial charge on any atom is -0.497 e. The lowest BCUT2D eigenvalue weighted by atomic mass is 10.2. The Morgan fingerprint density at radius 1 is 0.906 bits per heavy atom. The van der Waals surface area contributed by atoms with Gasteiger partial charge in [0.15, 0.2) is 0 Å². The van der Waals surface area contributed by atoms with Gasteiger partial charge in [-0.3, -0.25) is 0 Å². The van der Waals surface area contributed by atoms with Gasteiger partial charge in [0.05, 0.1) is 38.3 Å². The van der Waals surface area contributed by atoms with Crippen molar-refractivity contribution in [1.29, 1.82) is 0 Å². The molecule has 6 nitrogen and oxygen atoms in total. The number of fused-ring (bicyclic) bond motifs is 1. The van der Waals surface area contributed by atoms with Gasteiger partial charge in [-0.25, -0.2) is 9.37 Å². The van der Waals surface area contributed by atoms with Crippen LogP contribution in [0, 0.1) is 5.82 Å². The fourth-order valence-corrected chi connectivity index (χ4v) is 3.61. The first-order valence-corrected chi connectivity index (χ1v) is 10.4. The second kappa shape index (κ2) is 10.2. The molecule has 0 unspecified atom stereocenters. The molecule has 0 atom stereocenters. The molecular weight excluding hydrogens is 409 g/mol. The Hall–Kier alpha value is -3.58. The predicted molar refractivity (Wildman–Crippen MR) is 122 cm³/mol. The van der Waals surface area contributed by atoms with Crippen molar-refractivity contribution in [2.24, 2.45) is 0 Å². The zero-order valence-electron chi connectivity index (χ0n) is 18.2. The lowest BCUT2D eigenvalue weighted by Crippen LogP contribution is -2.19. The summed E-state index contributed by atoms with van der Waals surface area (Å²) in [4.78, 5) is 4.82. The van der Waals surface area contributed by atoms with Crippen molar-refractivity contribution < 1.29 is 18.6 Å². The molecule has 0 aliphatic rings. The SMILES string of the molecule is COc1ccc2c(c1)nc(CNCc1ccccc1OC)n2CCOc1ccc(F)cc1. The van der Waals surface area contributed by atoms with E-state index in [2.05, 4.69) is 9.88 Å². The molecule has 0 bridgehead atoms. The molecule has 0 radical (unpaired) electrons. The highest BCUT2D eigenvalue weighted by Gasteiger charge is 2.12. The number of hydrogen-bond acceptors (Lipinski definition) is 5. The maximum Gasteiger partial charge on any atom is 0.124 e. The van der Waals surface area contributed by atoms with Crippen LogP contribution >= 0.6 is 0 Å². The number of aromatic nitrogens is 2. The van der Waals surface area contributed by atoms with Crippen molar-refractivity contribution in [3.63, 3.8) is 0 Å². The third kappa shape index (κ3) is 5.00. The predicted octanol–water partition coefficient (Wildman–Crippen LogP) is 4.56. The van der Waals surface area contributed by atoms with Crippen molar-refractivity contribution in [2.45, 2.75) is 19.6 Å². The van der Waals surface area contributed by atoms with Crippen LogP contribution in [0.15, 0.2) is 66.7 Å². The van der Waals surface area contributed by atoms with Crippen LogP contribution in [0.4, 0.5) is 4.39 Å². The van der Waals surface area contributed by atoms with Crippen LogP contribution in [-0.4, -0.2) is 30.4 Å². The number of rotatable bonds is 10. The molecule has 3 aromatic carbocycles. The van der Waals surface area contributed by atoms with E-state index in [1.54, 1.807) is 26.4 Å². The molecule has 32 heavy (non-hydrogen) atoms. The topological polar surface area (TPSA) is 57.5 Å². The largest absolute Gasteiger partial charge is 0.497 e. The number of para-hydroxylation sites is 1. The van der Waals surface area contributed by atoms with Crippen molar-refractivity contribution in [1.82, 2.24) is 14.9 Å². The molecule has 0 aliphatic heterocycles. The molecule has 7 heteroatoms. The molecule has 4 aromatic rings. The summed E-state index contributed by atoms with van der Waals surface area (Å²) in [6, 6.07) is 19.8. The van der Waals surface area contributed by atoms with E-state index in [1.165, 1.54) is 12.1 Å². The molecular formula is C25H26FN3O3. The highest BCUT2D eigenvalue weighted by Crippen LogP contribution is 2.23. The highest BCUT2D eigenvalue weighted by atomic mass is 19.1. The number of imidazole rings is 1. The summed E-state index contributed by atoms with van der Waals surface area (Å²) in [5.41, 5.74) is 2.95. The third-order valence-corrected chi connectivity index (χ3v) is 5.22. The Balaban J connectivity index is 1.50. The number of methoxy groups -OCH3 is 2. The van der Waals surface area contributed by atoms with Crippen LogP contribution in [0.25, 0.3) is 11.0 Å². The molecule has 166 valence electrons. The Morgan fingerprint density at radius 2 is 1.69 bits per heavy atom. The quantitative estimate of drug-likeness (QED) is 0.396. The summed E-state index contributed by atoms with van der Waals surface area (Å²) in [5.74, 6) is 2.86. The van der Waals surface area contributed by atoms with E-state index in [9.17, 15) is 4.39 Å². The second-order valence-corrected chi connectivity index (χ2v) is 7.25. The fourth-order valence-electron chi connectivity index (χ4n) is 3.61. The van der Waals surface area contributed by atoms with Gasteiger partial charge in [-0.2, -0.15) is 0 Å². The Morgan fingerprint density at radius 3 is 2.47 bits per heavy atom. The molecule has 0 saturated carbocycles. The van der Waals surface area contributed by atoms with Crippen molar-refractivity contribution in [2.75, 3.05) is 20.8 Å². The Kier molecular flexibility index (Phi) is 6.87. The normalized spacial score (nSPS) is 11.0. The van der Waals surface area contributed by atoms with Gasteiger partial charge in [0.25, 0.3) is 0 Å². The summed E-state index contributed by atoms with van der Waals surface area (Å²) in [7, 11) is 3.32. The number of nitrogens with one attached hydrogen (secondary N) is 1. The van der Waals surface area contributed by atoms with Crippen LogP contribution in [0.2, 0.25) is 0 Å². The van der Waals surface area contributed by atoms with Gasteiger partial charge in [-0.05, 0) is 42.5 Å². The molecule has 0 aliphatic carbocycles. The summed E-state index contributed by atoms with van der Waals surface area (Å²) in [6.07, 6.45) is 0. The van der Waals surface area contributed by atoms with Gasteiger partial charge in [0, 0.05) is 18.2 Å². The van der Waals surface area contributed by atoms with Crippen LogP contribution in [0.5, 0.6) is 17.2 Å². The minimum atomic E-state index is -0.282. The van der Waals surface area contributed by atoms with E-state index in [-0.39, 0.29) is 5.82 Å². The van der Waals surface area contributed by atoms with Gasteiger partial charge >= 0.3 is 0 Å². The number of hydrogen-bond donors (Lipinski definition) is 1. The summed E-state index contributed by atoms with van der Waals surface area (Å²) in [5, 5.41) is 3.46. The smallest absolute Gasteiger partial charge is 0.124 e. The van der Waals surface area contributed by atoms with E-state index in [0.717, 1.165) is 33.9 Å². The first kappa shape index (κ1) is 21.6. The monoisotopic (exact) mass is 435 g/mol. The molecule has 4 rings (SSSR count). The maximum absolute atomic E-state index is 13.1. The van der Waals surface area contributed by atoms with E-state index >= 15 is 0 Å². The van der Waals surface area contributed by atoms with Crippen LogP contribution in [0.3, 0.4) is 0 Å². The average Bonchev–Trinajstić information content (AvgIpc) is 3.17. The number of nitrogens with zero attached hydrogens (tertiary/aromatic N) is 2. The minimum absolute atomic E-state index is 0.282. The van der Waals surface area contributed by atoms with Crippen molar-refractivity contribution in [3.05, 3.63) is 83.9 Å². The van der Waals surface area contributed by atoms with Crippen LogP contribution < -0.4 is 19.5 Å². The van der Waals surface area contributed by atoms with Gasteiger partial charge in [-0.15, -0.1) is 0 Å². The molecule has 0 saturated heterocycles. The number of halogens is 1. The zero-order chi connectivity index (χ0) is 22.3. The van der Waals surface area contributed by atoms with E-state index in [1.807, 2.05) is 42.5 Å². The molecule has 1 N–H and O–H groups in total. The van der Waals surface area contributed by atoms with E-state index < -0.39 is 0 Å². The third-order valence-electron chi connectivity index (χ3n) is 5.22. The Bertz CT molecular complexity index is 1170. The zero-order valence-corrected chi connectivity index (χ0v) is 18.2. The summed E-state index contributed by atoms with van der Waals surface area (Å²) >= 11 is 0. The van der Waals surface area contributed by atoms with Crippen LogP contribution in [-0.2, 0) is 19.6 Å². The first-order valence-electron chi connectivity index (χ1n) is 10.4. The van der Waals surface area contributed by atoms with Crippen molar-refractivity contribution >= 4 is 11.0 Å². The van der Waals surface area contributed by atoms with Gasteiger partial charge < -0.3 is 24.1 Å². The molecule has 1 aromatic heterocycles.